The molecule has 0 aliphatic heterocycles. The fourth-order valence-electron chi connectivity index (χ4n) is 0. The minimum atomic E-state index is -0.167. The number of rotatable bonds is 0. The number of Topliss-reactive ketones (excluding diaryl/α,β-unsaturated/α-hetero) is 1. The molecule has 0 aliphatic carbocycles. The molecule has 0 saturated carbocycles. The second kappa shape index (κ2) is 37.3. The molecule has 88 valence electrons. The Hall–Kier alpha value is -0.316. The molecule has 0 aromatic carbocycles. The van der Waals surface area contributed by atoms with Crippen LogP contribution in [-0.2, 0) is 36.1 Å². The Morgan fingerprint density at radius 3 is 1.07 bits per heavy atom. The molecule has 15 heavy (non-hydrogen) atoms. The van der Waals surface area contributed by atoms with E-state index in [9.17, 15) is 4.79 Å². The summed E-state index contributed by atoms with van der Waals surface area (Å²) in [6.07, 6.45) is 2.83. The summed E-state index contributed by atoms with van der Waals surface area (Å²) in [7, 11) is 0. The van der Waals surface area contributed by atoms with Crippen molar-refractivity contribution in [1.82, 2.24) is 0 Å². The standard InChI is InChI=1S/C3H8O.C3H6O.2C2H3O.Ti/c2*1-3(2)4;2*1-2-3;/h3-4H,1-2H3;1-2H3;2*1H3;/q;;2*-1;+2. The van der Waals surface area contributed by atoms with Crippen molar-refractivity contribution >= 4 is 18.4 Å². The van der Waals surface area contributed by atoms with Crippen molar-refractivity contribution < 1.29 is 41.2 Å². The second-order valence-electron chi connectivity index (χ2n) is 2.41. The molecule has 0 aromatic rings. The molecule has 0 bridgehead atoms. The number of carbonyl (C=O) groups is 1. The Kier molecular flexibility index (Phi) is 72.9. The van der Waals surface area contributed by atoms with E-state index in [0.717, 1.165) is 0 Å². The van der Waals surface area contributed by atoms with Crippen LogP contribution in [0.25, 0.3) is 0 Å². The predicted molar refractivity (Wildman–Crippen MR) is 56.4 cm³/mol. The van der Waals surface area contributed by atoms with Gasteiger partial charge >= 0.3 is 21.7 Å². The molecule has 0 heterocycles. The first-order chi connectivity index (χ1) is 6.29. The van der Waals surface area contributed by atoms with Gasteiger partial charge in [0.25, 0.3) is 0 Å². The molecule has 1 N–H and O–H groups in total. The third-order valence-electron chi connectivity index (χ3n) is 0. The van der Waals surface area contributed by atoms with Crippen molar-refractivity contribution in [2.24, 2.45) is 0 Å². The maximum atomic E-state index is 9.44. The van der Waals surface area contributed by atoms with Gasteiger partial charge in [-0.3, -0.25) is 12.6 Å². The first-order valence-electron chi connectivity index (χ1n) is 4.03. The summed E-state index contributed by atoms with van der Waals surface area (Å²) >= 11 is 0. The second-order valence-corrected chi connectivity index (χ2v) is 2.41. The average Bonchev–Trinajstić information content (AvgIpc) is 1.85. The summed E-state index contributed by atoms with van der Waals surface area (Å²) < 4.78 is 0. The van der Waals surface area contributed by atoms with E-state index in [4.69, 9.17) is 14.7 Å². The van der Waals surface area contributed by atoms with Crippen molar-refractivity contribution in [2.75, 3.05) is 0 Å². The minimum absolute atomic E-state index is 0. The molecule has 0 radical (unpaired) electrons. The average molecular weight is 252 g/mol. The summed E-state index contributed by atoms with van der Waals surface area (Å²) in [5.41, 5.74) is 0. The van der Waals surface area contributed by atoms with Crippen LogP contribution in [0, 0.1) is 0 Å². The van der Waals surface area contributed by atoms with Gasteiger partial charge in [0, 0.05) is 6.10 Å². The third kappa shape index (κ3) is 18700. The Morgan fingerprint density at radius 1 is 1.07 bits per heavy atom. The van der Waals surface area contributed by atoms with Crippen LogP contribution in [-0.4, -0.2) is 29.6 Å². The van der Waals surface area contributed by atoms with Gasteiger partial charge in [0.15, 0.2) is 0 Å². The van der Waals surface area contributed by atoms with Crippen LogP contribution >= 0.6 is 0 Å². The first kappa shape index (κ1) is 29.3. The quantitative estimate of drug-likeness (QED) is 0.519. The molecule has 4 nitrogen and oxygen atoms in total. The van der Waals surface area contributed by atoms with E-state index in [1.165, 1.54) is 40.3 Å². The summed E-state index contributed by atoms with van der Waals surface area (Å²) in [4.78, 5) is 26.8. The number of hydrogen-bond acceptors (Lipinski definition) is 4. The maximum absolute atomic E-state index is 9.44. The number of hydrogen-bond donors (Lipinski definition) is 1. The molecule has 0 saturated heterocycles. The summed E-state index contributed by atoms with van der Waals surface area (Å²) in [6, 6.07) is 0. The van der Waals surface area contributed by atoms with Crippen LogP contribution in [0.4, 0.5) is 0 Å². The smallest absolute Gasteiger partial charge is 0.542 e. The number of carbonyl (C=O) groups excluding carboxylic acids is 3. The summed E-state index contributed by atoms with van der Waals surface area (Å²) in [5.74, 6) is 0.167. The predicted octanol–water partition coefficient (Wildman–Crippen LogP) is 1.21. The zero-order valence-electron chi connectivity index (χ0n) is 10.2. The molecular weight excluding hydrogens is 232 g/mol. The Morgan fingerprint density at radius 2 is 1.07 bits per heavy atom. The molecule has 0 fully saturated rings. The van der Waals surface area contributed by atoms with E-state index in [1.807, 2.05) is 0 Å². The fraction of sp³-hybridized carbons (Fsp3) is 0.700. The monoisotopic (exact) mass is 252 g/mol. The van der Waals surface area contributed by atoms with E-state index in [2.05, 4.69) is 0 Å². The first-order valence-corrected chi connectivity index (χ1v) is 4.03. The molecule has 0 atom stereocenters. The van der Waals surface area contributed by atoms with Gasteiger partial charge in [-0.05, 0) is 27.7 Å². The Balaban J connectivity index is -0.0000000293. The van der Waals surface area contributed by atoms with Crippen LogP contribution in [0.1, 0.15) is 41.5 Å². The van der Waals surface area contributed by atoms with E-state index in [1.54, 1.807) is 13.8 Å². The normalized spacial score (nSPS) is 5.87. The summed E-state index contributed by atoms with van der Waals surface area (Å²) in [6.45, 7) is 9.14. The zero-order valence-corrected chi connectivity index (χ0v) is 11.8. The maximum Gasteiger partial charge on any atom is 2.00 e. The summed E-state index contributed by atoms with van der Waals surface area (Å²) in [5, 5.41) is 8.06. The van der Waals surface area contributed by atoms with Crippen molar-refractivity contribution in [1.29, 1.82) is 0 Å². The van der Waals surface area contributed by atoms with Crippen LogP contribution in [0.2, 0.25) is 0 Å². The topological polar surface area (TPSA) is 71.4 Å². The van der Waals surface area contributed by atoms with Gasteiger partial charge in [-0.15, -0.1) is 0 Å². The molecule has 0 unspecified atom stereocenters. The van der Waals surface area contributed by atoms with Gasteiger partial charge in [0.05, 0.1) is 0 Å². The molecule has 0 spiro atoms. The third-order valence-corrected chi connectivity index (χ3v) is 0. The molecule has 0 rings (SSSR count). The van der Waals surface area contributed by atoms with Gasteiger partial charge in [0.2, 0.25) is 0 Å². The van der Waals surface area contributed by atoms with Crippen molar-refractivity contribution in [2.45, 2.75) is 47.6 Å². The van der Waals surface area contributed by atoms with Gasteiger partial charge in [-0.2, -0.15) is 13.8 Å². The largest absolute Gasteiger partial charge is 2.00 e. The van der Waals surface area contributed by atoms with Crippen LogP contribution in [0.5, 0.6) is 0 Å². The van der Waals surface area contributed by atoms with Crippen molar-refractivity contribution in [3.63, 3.8) is 0 Å². The van der Waals surface area contributed by atoms with E-state index < -0.39 is 0 Å². The van der Waals surface area contributed by atoms with Gasteiger partial charge in [-0.1, -0.05) is 0 Å². The van der Waals surface area contributed by atoms with Crippen molar-refractivity contribution in [3.8, 4) is 0 Å². The van der Waals surface area contributed by atoms with E-state index >= 15 is 0 Å². The molecule has 0 aliphatic rings. The fourth-order valence-corrected chi connectivity index (χ4v) is 0. The number of ketones is 1. The van der Waals surface area contributed by atoms with Gasteiger partial charge in [-0.25, -0.2) is 0 Å². The Labute approximate surface area is 107 Å². The van der Waals surface area contributed by atoms with Crippen molar-refractivity contribution in [3.05, 3.63) is 0 Å². The molecule has 0 amide bonds. The van der Waals surface area contributed by atoms with E-state index in [0.29, 0.717) is 0 Å². The SMILES string of the molecule is CC(C)=O.CC(C)O.C[C-]=O.C[C-]=O.[Ti+2]. The molecule has 5 heteroatoms. The molecule has 0 aromatic heterocycles. The number of aliphatic hydroxyl groups is 1. The van der Waals surface area contributed by atoms with Crippen LogP contribution in [0.15, 0.2) is 0 Å². The van der Waals surface area contributed by atoms with Gasteiger partial charge in [0.1, 0.15) is 5.78 Å². The Bertz CT molecular complexity index is 112. The molecular formula is C10H20O4Ti. The van der Waals surface area contributed by atoms with E-state index in [-0.39, 0.29) is 33.6 Å². The minimum Gasteiger partial charge on any atom is -0.542 e. The zero-order chi connectivity index (χ0) is 12.6. The van der Waals surface area contributed by atoms with Crippen LogP contribution in [0.3, 0.4) is 0 Å². The van der Waals surface area contributed by atoms with Gasteiger partial charge < -0.3 is 19.5 Å². The van der Waals surface area contributed by atoms with Crippen LogP contribution < -0.4 is 0 Å². The number of aliphatic hydroxyl groups excluding tert-OH is 1.